The van der Waals surface area contributed by atoms with E-state index < -0.39 is 20.2 Å². The molecule has 2 heterocycles. The lowest BCUT2D eigenvalue weighted by molar-refractivity contribution is -0.0806. The highest BCUT2D eigenvalue weighted by Gasteiger charge is 2.44. The molecule has 1 aliphatic heterocycles. The molecule has 4 atom stereocenters. The molecule has 3 aromatic carbocycles. The maximum absolute atomic E-state index is 9.28. The van der Waals surface area contributed by atoms with Crippen molar-refractivity contribution in [1.29, 1.82) is 5.26 Å². The molecule has 5 rings (SSSR count). The van der Waals surface area contributed by atoms with Gasteiger partial charge in [0.25, 0.3) is 8.53 Å². The molecular weight excluding hydrogens is 649 g/mol. The second-order valence-electron chi connectivity index (χ2n) is 12.7. The fraction of sp³-hybridized carbons (Fsp3) is 0.400. The van der Waals surface area contributed by atoms with Crippen molar-refractivity contribution >= 4 is 8.53 Å². The minimum atomic E-state index is -1.52. The zero-order valence-corrected chi connectivity index (χ0v) is 30.7. The first-order valence-electron chi connectivity index (χ1n) is 17.1. The van der Waals surface area contributed by atoms with Crippen LogP contribution in [0.4, 0.5) is 0 Å². The van der Waals surface area contributed by atoms with Crippen molar-refractivity contribution < 1.29 is 28.0 Å². The van der Waals surface area contributed by atoms with Crippen molar-refractivity contribution in [3.63, 3.8) is 0 Å². The normalized spacial score (nSPS) is 18.4. The highest BCUT2D eigenvalue weighted by molar-refractivity contribution is 7.44. The van der Waals surface area contributed by atoms with E-state index in [2.05, 4.69) is 55.6 Å². The number of aromatic nitrogens is 1. The van der Waals surface area contributed by atoms with Crippen molar-refractivity contribution in [2.75, 3.05) is 27.4 Å². The van der Waals surface area contributed by atoms with E-state index in [9.17, 15) is 5.26 Å². The Morgan fingerprint density at radius 1 is 0.860 bits per heavy atom. The topological polar surface area (TPSA) is 95.3 Å². The standard InChI is InChI=1S/C40H48N3O6P/c1-29(2)43(30(3)4)50(47-25-11-23-41)49-38-26-37(31-12-10-24-42-27-31)48-39(38)28-46-40(32-13-8-7-9-14-32,33-15-19-35(44-5)20-16-33)34-17-21-36(45-6)22-18-34/h7-10,12-22,24,27,29-30,37-39H,11,25-26,28H2,1-6H3/t37-,38+,39-,50?/m1/s1. The van der Waals surface area contributed by atoms with Gasteiger partial charge in [0.15, 0.2) is 0 Å². The van der Waals surface area contributed by atoms with Crippen LogP contribution in [0.5, 0.6) is 11.5 Å². The van der Waals surface area contributed by atoms with Crippen LogP contribution in [0.1, 0.15) is 68.9 Å². The predicted octanol–water partition coefficient (Wildman–Crippen LogP) is 8.60. The summed E-state index contributed by atoms with van der Waals surface area (Å²) in [4.78, 5) is 4.37. The third-order valence-corrected chi connectivity index (χ3v) is 10.9. The number of ether oxygens (including phenoxy) is 4. The van der Waals surface area contributed by atoms with Crippen LogP contribution >= 0.6 is 8.53 Å². The van der Waals surface area contributed by atoms with Gasteiger partial charge in [0.1, 0.15) is 23.2 Å². The maximum atomic E-state index is 9.28. The summed E-state index contributed by atoms with van der Waals surface area (Å²) in [6, 6.07) is 32.7. The van der Waals surface area contributed by atoms with E-state index in [1.807, 2.05) is 85.1 Å². The molecule has 0 amide bonds. The van der Waals surface area contributed by atoms with Crippen molar-refractivity contribution in [1.82, 2.24) is 9.65 Å². The zero-order chi connectivity index (χ0) is 35.5. The van der Waals surface area contributed by atoms with Crippen LogP contribution in [0.15, 0.2) is 103 Å². The third kappa shape index (κ3) is 8.70. The van der Waals surface area contributed by atoms with Gasteiger partial charge in [0.2, 0.25) is 0 Å². The molecular formula is C40H48N3O6P. The number of hydrogen-bond donors (Lipinski definition) is 0. The van der Waals surface area contributed by atoms with Gasteiger partial charge in [0.05, 0.1) is 52.1 Å². The summed E-state index contributed by atoms with van der Waals surface area (Å²) < 4.78 is 40.7. The largest absolute Gasteiger partial charge is 0.497 e. The van der Waals surface area contributed by atoms with Crippen LogP contribution in [0.2, 0.25) is 0 Å². The van der Waals surface area contributed by atoms with Crippen LogP contribution in [0.3, 0.4) is 0 Å². The van der Waals surface area contributed by atoms with Gasteiger partial charge >= 0.3 is 0 Å². The Morgan fingerprint density at radius 3 is 1.98 bits per heavy atom. The molecule has 0 N–H and O–H groups in total. The lowest BCUT2D eigenvalue weighted by atomic mass is 9.80. The lowest BCUT2D eigenvalue weighted by Crippen LogP contribution is -2.39. The Balaban J connectivity index is 1.56. The molecule has 1 aromatic heterocycles. The molecule has 0 aliphatic carbocycles. The van der Waals surface area contributed by atoms with Gasteiger partial charge in [0, 0.05) is 30.9 Å². The number of methoxy groups -OCH3 is 2. The summed E-state index contributed by atoms with van der Waals surface area (Å²) in [5.74, 6) is 1.50. The van der Waals surface area contributed by atoms with Gasteiger partial charge < -0.3 is 28.0 Å². The fourth-order valence-electron chi connectivity index (χ4n) is 6.45. The first-order chi connectivity index (χ1) is 24.3. The van der Waals surface area contributed by atoms with E-state index in [4.69, 9.17) is 28.0 Å². The second kappa shape index (κ2) is 17.9. The molecule has 0 spiro atoms. The number of nitriles is 1. The van der Waals surface area contributed by atoms with Gasteiger partial charge in [-0.15, -0.1) is 0 Å². The van der Waals surface area contributed by atoms with Gasteiger partial charge in [-0.25, -0.2) is 4.67 Å². The summed E-state index contributed by atoms with van der Waals surface area (Å²) in [7, 11) is 1.80. The Morgan fingerprint density at radius 2 is 1.46 bits per heavy atom. The summed E-state index contributed by atoms with van der Waals surface area (Å²) >= 11 is 0. The van der Waals surface area contributed by atoms with Crippen molar-refractivity contribution in [2.45, 2.75) is 76.5 Å². The van der Waals surface area contributed by atoms with Crippen LogP contribution in [-0.4, -0.2) is 61.4 Å². The first kappa shape index (κ1) is 37.4. The average Bonchev–Trinajstić information content (AvgIpc) is 3.55. The summed E-state index contributed by atoms with van der Waals surface area (Å²) in [6.07, 6.45) is 3.40. The molecule has 264 valence electrons. The summed E-state index contributed by atoms with van der Waals surface area (Å²) in [6.45, 7) is 9.02. The van der Waals surface area contributed by atoms with Crippen LogP contribution in [0.25, 0.3) is 0 Å². The van der Waals surface area contributed by atoms with Crippen molar-refractivity contribution in [3.05, 3.63) is 126 Å². The quantitative estimate of drug-likeness (QED) is 0.0611. The number of pyridine rings is 1. The molecule has 10 heteroatoms. The average molecular weight is 698 g/mol. The number of benzene rings is 3. The van der Waals surface area contributed by atoms with E-state index >= 15 is 0 Å². The molecule has 0 radical (unpaired) electrons. The molecule has 4 aromatic rings. The lowest BCUT2D eigenvalue weighted by Gasteiger charge is -2.39. The maximum Gasteiger partial charge on any atom is 0.259 e. The van der Waals surface area contributed by atoms with E-state index in [1.165, 1.54) is 0 Å². The molecule has 0 bridgehead atoms. The van der Waals surface area contributed by atoms with Crippen LogP contribution in [-0.2, 0) is 24.1 Å². The Hall–Kier alpha value is -3.87. The van der Waals surface area contributed by atoms with Crippen LogP contribution < -0.4 is 9.47 Å². The van der Waals surface area contributed by atoms with E-state index in [0.29, 0.717) is 6.42 Å². The van der Waals surface area contributed by atoms with Crippen molar-refractivity contribution in [2.24, 2.45) is 0 Å². The van der Waals surface area contributed by atoms with E-state index in [-0.39, 0.29) is 43.9 Å². The Labute approximate surface area is 298 Å². The highest BCUT2D eigenvalue weighted by atomic mass is 31.2. The Kier molecular flexibility index (Phi) is 13.4. The first-order valence-corrected chi connectivity index (χ1v) is 18.2. The minimum absolute atomic E-state index is 0.158. The van der Waals surface area contributed by atoms with Gasteiger partial charge in [-0.05, 0) is 80.3 Å². The molecule has 1 fully saturated rings. The molecule has 1 aliphatic rings. The molecule has 50 heavy (non-hydrogen) atoms. The Bertz CT molecular complexity index is 1580. The number of rotatable bonds is 17. The van der Waals surface area contributed by atoms with Crippen molar-refractivity contribution in [3.8, 4) is 17.6 Å². The van der Waals surface area contributed by atoms with Gasteiger partial charge in [-0.2, -0.15) is 5.26 Å². The predicted molar refractivity (Wildman–Crippen MR) is 195 cm³/mol. The summed E-state index contributed by atoms with van der Waals surface area (Å²) in [5.41, 5.74) is 2.78. The fourth-order valence-corrected chi connectivity index (χ4v) is 8.21. The zero-order valence-electron chi connectivity index (χ0n) is 29.8. The smallest absolute Gasteiger partial charge is 0.259 e. The number of nitrogens with zero attached hydrogens (tertiary/aromatic N) is 3. The monoisotopic (exact) mass is 697 g/mol. The third-order valence-electron chi connectivity index (χ3n) is 8.78. The molecule has 1 unspecified atom stereocenters. The molecule has 0 saturated carbocycles. The second-order valence-corrected chi connectivity index (χ2v) is 14.1. The summed E-state index contributed by atoms with van der Waals surface area (Å²) in [5, 5.41) is 9.28. The minimum Gasteiger partial charge on any atom is -0.497 e. The van der Waals surface area contributed by atoms with E-state index in [0.717, 1.165) is 33.8 Å². The van der Waals surface area contributed by atoms with E-state index in [1.54, 1.807) is 20.4 Å². The van der Waals surface area contributed by atoms with Crippen LogP contribution in [0, 0.1) is 11.3 Å². The van der Waals surface area contributed by atoms with Gasteiger partial charge in [-0.3, -0.25) is 4.98 Å². The molecule has 1 saturated heterocycles. The van der Waals surface area contributed by atoms with Gasteiger partial charge in [-0.1, -0.05) is 60.7 Å². The molecule has 9 nitrogen and oxygen atoms in total. The highest BCUT2D eigenvalue weighted by Crippen LogP contribution is 2.51. The number of hydrogen-bond acceptors (Lipinski definition) is 9. The SMILES string of the molecule is COc1ccc(C(OC[C@H]2O[C@@H](c3cccnc3)C[C@@H]2OP(OCCC#N)N(C(C)C)C(C)C)(c2ccccc2)c2ccc(OC)cc2)cc1.